The van der Waals surface area contributed by atoms with Crippen LogP contribution in [0.5, 0.6) is 0 Å². The van der Waals surface area contributed by atoms with Crippen molar-refractivity contribution in [2.45, 2.75) is 6.42 Å². The first kappa shape index (κ1) is 5.85. The Morgan fingerprint density at radius 3 is 3.30 bits per heavy atom. The number of hydrogen-bond donors (Lipinski definition) is 1. The molecule has 52 valence electrons. The lowest BCUT2D eigenvalue weighted by atomic mass is 10.2. The highest BCUT2D eigenvalue weighted by molar-refractivity contribution is 7.15. The Balaban J connectivity index is 2.53. The van der Waals surface area contributed by atoms with E-state index in [0.29, 0.717) is 5.13 Å². The van der Waals surface area contributed by atoms with Crippen molar-refractivity contribution in [3.63, 3.8) is 0 Å². The molecule has 0 unspecified atom stereocenters. The molecule has 0 atom stereocenters. The molecule has 1 aliphatic rings. The number of nitrogens with two attached hydrogens (primary N) is 1. The third-order valence-corrected chi connectivity index (χ3v) is 2.39. The summed E-state index contributed by atoms with van der Waals surface area (Å²) in [5.41, 5.74) is 6.47. The van der Waals surface area contributed by atoms with E-state index in [9.17, 15) is 0 Å². The van der Waals surface area contributed by atoms with E-state index in [0.717, 1.165) is 18.7 Å². The number of hydrogen-bond acceptors (Lipinski definition) is 4. The molecule has 0 spiro atoms. The van der Waals surface area contributed by atoms with Gasteiger partial charge in [0.25, 0.3) is 0 Å². The minimum Gasteiger partial charge on any atom is -0.375 e. The molecule has 2 heterocycles. The van der Waals surface area contributed by atoms with Gasteiger partial charge in [-0.3, -0.25) is 4.99 Å². The van der Waals surface area contributed by atoms with Gasteiger partial charge in [-0.05, 0) is 0 Å². The van der Waals surface area contributed by atoms with Crippen LogP contribution in [-0.2, 0) is 6.42 Å². The smallest absolute Gasteiger partial charge is 0.180 e. The van der Waals surface area contributed by atoms with Crippen molar-refractivity contribution in [3.8, 4) is 0 Å². The number of thiazole rings is 1. The van der Waals surface area contributed by atoms with Crippen molar-refractivity contribution >= 4 is 22.7 Å². The molecule has 1 aromatic rings. The summed E-state index contributed by atoms with van der Waals surface area (Å²) in [7, 11) is 0. The maximum atomic E-state index is 5.50. The van der Waals surface area contributed by atoms with Crippen LogP contribution < -0.4 is 5.73 Å². The lowest BCUT2D eigenvalue weighted by molar-refractivity contribution is 0.965. The lowest BCUT2D eigenvalue weighted by Crippen LogP contribution is -1.99. The van der Waals surface area contributed by atoms with Crippen molar-refractivity contribution in [1.82, 2.24) is 4.98 Å². The monoisotopic (exact) mass is 153 g/mol. The first-order valence-electron chi connectivity index (χ1n) is 3.11. The normalized spacial score (nSPS) is 15.2. The zero-order valence-electron chi connectivity index (χ0n) is 5.37. The maximum Gasteiger partial charge on any atom is 0.180 e. The van der Waals surface area contributed by atoms with Crippen LogP contribution in [0.2, 0.25) is 0 Å². The molecule has 0 saturated carbocycles. The van der Waals surface area contributed by atoms with E-state index in [1.807, 2.05) is 0 Å². The van der Waals surface area contributed by atoms with E-state index < -0.39 is 0 Å². The molecular weight excluding hydrogens is 146 g/mol. The molecule has 10 heavy (non-hydrogen) atoms. The minimum absolute atomic E-state index is 0.651. The Bertz CT molecular complexity index is 277. The quantitative estimate of drug-likeness (QED) is 0.596. The molecule has 0 aromatic carbocycles. The molecule has 0 amide bonds. The fourth-order valence-corrected chi connectivity index (χ4v) is 1.77. The van der Waals surface area contributed by atoms with Crippen LogP contribution in [0, 0.1) is 0 Å². The molecule has 2 N–H and O–H groups in total. The zero-order valence-corrected chi connectivity index (χ0v) is 6.19. The summed E-state index contributed by atoms with van der Waals surface area (Å²) in [6.45, 7) is 0.884. The second-order valence-electron chi connectivity index (χ2n) is 2.15. The van der Waals surface area contributed by atoms with Crippen molar-refractivity contribution in [1.29, 1.82) is 0 Å². The van der Waals surface area contributed by atoms with Gasteiger partial charge < -0.3 is 5.73 Å². The van der Waals surface area contributed by atoms with Gasteiger partial charge in [-0.25, -0.2) is 4.98 Å². The molecule has 0 aliphatic carbocycles. The molecule has 4 heteroatoms. The number of aromatic nitrogens is 1. The third kappa shape index (κ3) is 0.806. The Labute approximate surface area is 62.6 Å². The molecular formula is C6H7N3S. The predicted molar refractivity (Wildman–Crippen MR) is 42.7 cm³/mol. The zero-order chi connectivity index (χ0) is 6.97. The van der Waals surface area contributed by atoms with Crippen LogP contribution in [0.25, 0.3) is 0 Å². The topological polar surface area (TPSA) is 51.3 Å². The third-order valence-electron chi connectivity index (χ3n) is 1.43. The summed E-state index contributed by atoms with van der Waals surface area (Å²) in [5.74, 6) is 0. The fraction of sp³-hybridized carbons (Fsp3) is 0.333. The van der Waals surface area contributed by atoms with E-state index in [-0.39, 0.29) is 0 Å². The second kappa shape index (κ2) is 2.05. The summed E-state index contributed by atoms with van der Waals surface area (Å²) in [6, 6.07) is 0. The number of fused-ring (bicyclic) bond motifs is 1. The van der Waals surface area contributed by atoms with Gasteiger partial charge in [0.15, 0.2) is 5.13 Å². The number of aliphatic imine (C=N–C) groups is 1. The fourth-order valence-electron chi connectivity index (χ4n) is 0.979. The van der Waals surface area contributed by atoms with Crippen LogP contribution in [-0.4, -0.2) is 17.7 Å². The Hall–Kier alpha value is -0.900. The SMILES string of the molecule is Nc1nc2c(s1)CCN=C2. The molecule has 0 bridgehead atoms. The Kier molecular flexibility index (Phi) is 1.20. The average molecular weight is 153 g/mol. The number of rotatable bonds is 0. The van der Waals surface area contributed by atoms with Crippen LogP contribution in [0.3, 0.4) is 0 Å². The van der Waals surface area contributed by atoms with Gasteiger partial charge >= 0.3 is 0 Å². The van der Waals surface area contributed by atoms with Gasteiger partial charge in [0, 0.05) is 24.1 Å². The largest absolute Gasteiger partial charge is 0.375 e. The summed E-state index contributed by atoms with van der Waals surface area (Å²) in [4.78, 5) is 9.46. The van der Waals surface area contributed by atoms with E-state index >= 15 is 0 Å². The summed E-state index contributed by atoms with van der Waals surface area (Å²) in [6.07, 6.45) is 2.80. The standard InChI is InChI=1S/C6H7N3S/c7-6-9-4-3-8-2-1-5(4)10-6/h3H,1-2H2,(H2,7,9). The highest BCUT2D eigenvalue weighted by Gasteiger charge is 2.09. The Morgan fingerprint density at radius 2 is 2.50 bits per heavy atom. The van der Waals surface area contributed by atoms with Crippen molar-refractivity contribution < 1.29 is 0 Å². The van der Waals surface area contributed by atoms with Crippen LogP contribution in [0.4, 0.5) is 5.13 Å². The number of nitrogens with zero attached hydrogens (tertiary/aromatic N) is 2. The van der Waals surface area contributed by atoms with Gasteiger partial charge in [-0.15, -0.1) is 11.3 Å². The van der Waals surface area contributed by atoms with Crippen molar-refractivity contribution in [2.75, 3.05) is 12.3 Å². The predicted octanol–water partition coefficient (Wildman–Crippen LogP) is 0.700. The first-order chi connectivity index (χ1) is 4.86. The molecule has 1 aliphatic heterocycles. The van der Waals surface area contributed by atoms with Gasteiger partial charge in [-0.2, -0.15) is 0 Å². The van der Waals surface area contributed by atoms with Gasteiger partial charge in [0.1, 0.15) is 0 Å². The second-order valence-corrected chi connectivity index (χ2v) is 3.26. The van der Waals surface area contributed by atoms with Gasteiger partial charge in [0.05, 0.1) is 5.69 Å². The summed E-state index contributed by atoms with van der Waals surface area (Å²) >= 11 is 1.57. The minimum atomic E-state index is 0.651. The summed E-state index contributed by atoms with van der Waals surface area (Å²) in [5, 5.41) is 0.651. The molecule has 0 saturated heterocycles. The molecule has 0 fully saturated rings. The molecule has 1 aromatic heterocycles. The molecule has 3 nitrogen and oxygen atoms in total. The van der Waals surface area contributed by atoms with E-state index in [1.54, 1.807) is 17.6 Å². The average Bonchev–Trinajstić information content (AvgIpc) is 2.27. The molecule has 2 rings (SSSR count). The first-order valence-corrected chi connectivity index (χ1v) is 3.93. The van der Waals surface area contributed by atoms with Gasteiger partial charge in [0.2, 0.25) is 0 Å². The van der Waals surface area contributed by atoms with Crippen molar-refractivity contribution in [3.05, 3.63) is 10.6 Å². The maximum absolute atomic E-state index is 5.50. The van der Waals surface area contributed by atoms with E-state index in [2.05, 4.69) is 9.98 Å². The number of anilines is 1. The van der Waals surface area contributed by atoms with E-state index in [4.69, 9.17) is 5.73 Å². The van der Waals surface area contributed by atoms with Gasteiger partial charge in [-0.1, -0.05) is 0 Å². The highest BCUT2D eigenvalue weighted by Crippen LogP contribution is 2.21. The van der Waals surface area contributed by atoms with Crippen molar-refractivity contribution in [2.24, 2.45) is 4.99 Å². The van der Waals surface area contributed by atoms with Crippen LogP contribution >= 0.6 is 11.3 Å². The van der Waals surface area contributed by atoms with Crippen LogP contribution in [0.1, 0.15) is 10.6 Å². The van der Waals surface area contributed by atoms with E-state index in [1.165, 1.54) is 4.88 Å². The molecule has 0 radical (unpaired) electrons. The highest BCUT2D eigenvalue weighted by atomic mass is 32.1. The number of nitrogen functional groups attached to an aromatic ring is 1. The summed E-state index contributed by atoms with van der Waals surface area (Å²) < 4.78 is 0. The van der Waals surface area contributed by atoms with Crippen LogP contribution in [0.15, 0.2) is 4.99 Å². The Morgan fingerprint density at radius 1 is 1.60 bits per heavy atom. The lowest BCUT2D eigenvalue weighted by Gasteiger charge is -1.99.